The number of fused-ring (bicyclic) bond motifs is 2. The van der Waals surface area contributed by atoms with Crippen LogP contribution in [0.2, 0.25) is 0 Å². The van der Waals surface area contributed by atoms with Crippen molar-refractivity contribution in [2.45, 2.75) is 64.7 Å². The highest BCUT2D eigenvalue weighted by Crippen LogP contribution is 2.62. The number of rotatable bonds is 5. The van der Waals surface area contributed by atoms with E-state index < -0.39 is 0 Å². The Labute approximate surface area is 154 Å². The molecule has 132 valence electrons. The molecule has 0 spiro atoms. The van der Waals surface area contributed by atoms with Gasteiger partial charge in [0.05, 0.1) is 0 Å². The summed E-state index contributed by atoms with van der Waals surface area (Å²) in [6.45, 7) is 14.6. The highest BCUT2D eigenvalue weighted by molar-refractivity contribution is 7.69. The van der Waals surface area contributed by atoms with Crippen LogP contribution in [-0.4, -0.2) is 10.3 Å². The molecule has 0 radical (unpaired) electrons. The van der Waals surface area contributed by atoms with E-state index in [0.29, 0.717) is 10.3 Å². The quantitative estimate of drug-likeness (QED) is 0.330. The molecule has 0 N–H and O–H groups in total. The van der Waals surface area contributed by atoms with Crippen molar-refractivity contribution in [1.29, 1.82) is 0 Å². The van der Waals surface area contributed by atoms with Crippen molar-refractivity contribution >= 4 is 34.8 Å². The lowest BCUT2D eigenvalue weighted by molar-refractivity contribution is 0.610. The topological polar surface area (TPSA) is 0 Å². The third kappa shape index (κ3) is 3.22. The lowest BCUT2D eigenvalue weighted by Crippen LogP contribution is -2.35. The summed E-state index contributed by atoms with van der Waals surface area (Å²) < 4.78 is 0. The molecular formula is C24H31P. The van der Waals surface area contributed by atoms with Crippen LogP contribution < -0.4 is 5.30 Å². The fourth-order valence-electron chi connectivity index (χ4n) is 3.97. The van der Waals surface area contributed by atoms with E-state index in [0.717, 1.165) is 0 Å². The van der Waals surface area contributed by atoms with Crippen molar-refractivity contribution < 1.29 is 0 Å². The van der Waals surface area contributed by atoms with Crippen LogP contribution in [0.3, 0.4) is 0 Å². The Kier molecular flexibility index (Phi) is 4.95. The maximum absolute atomic E-state index is 2.48. The standard InChI is InChI=1S/C24H31P/c1-7-23(3,4)25(24(5,6)8-2)22-20-15-11-9-13-18(20)17-19-14-10-12-16-21(19)22/h9-17H,7-8H2,1-6H3. The van der Waals surface area contributed by atoms with Gasteiger partial charge in [0.15, 0.2) is 0 Å². The van der Waals surface area contributed by atoms with Crippen LogP contribution in [-0.2, 0) is 0 Å². The minimum atomic E-state index is -0.342. The maximum atomic E-state index is 2.48. The smallest absolute Gasteiger partial charge is 0.00737 e. The van der Waals surface area contributed by atoms with E-state index in [2.05, 4.69) is 96.1 Å². The molecule has 0 amide bonds. The molecule has 3 aromatic carbocycles. The molecule has 0 aromatic heterocycles. The van der Waals surface area contributed by atoms with Gasteiger partial charge in [-0.1, -0.05) is 98.0 Å². The molecule has 3 rings (SSSR count). The summed E-state index contributed by atoms with van der Waals surface area (Å²) in [6.07, 6.45) is 2.42. The van der Waals surface area contributed by atoms with Crippen LogP contribution >= 0.6 is 7.92 Å². The summed E-state index contributed by atoms with van der Waals surface area (Å²) in [4.78, 5) is 0. The van der Waals surface area contributed by atoms with Crippen LogP contribution in [0.1, 0.15) is 54.4 Å². The first-order valence-electron chi connectivity index (χ1n) is 9.52. The van der Waals surface area contributed by atoms with Gasteiger partial charge < -0.3 is 0 Å². The van der Waals surface area contributed by atoms with Crippen molar-refractivity contribution in [1.82, 2.24) is 0 Å². The number of benzene rings is 3. The average molecular weight is 350 g/mol. The Bertz CT molecular complexity index is 819. The minimum Gasteiger partial charge on any atom is -0.0645 e. The molecule has 0 atom stereocenters. The van der Waals surface area contributed by atoms with Gasteiger partial charge in [-0.25, -0.2) is 0 Å². The molecule has 0 nitrogen and oxygen atoms in total. The summed E-state index contributed by atoms with van der Waals surface area (Å²) in [7, 11) is -0.342. The van der Waals surface area contributed by atoms with E-state index >= 15 is 0 Å². The molecule has 0 aliphatic carbocycles. The Morgan fingerprint density at radius 3 is 1.48 bits per heavy atom. The van der Waals surface area contributed by atoms with Crippen LogP contribution in [0.25, 0.3) is 21.5 Å². The van der Waals surface area contributed by atoms with E-state index in [9.17, 15) is 0 Å². The summed E-state index contributed by atoms with van der Waals surface area (Å²) in [5.74, 6) is 0. The third-order valence-electron chi connectivity index (χ3n) is 5.91. The first-order chi connectivity index (χ1) is 11.8. The predicted molar refractivity (Wildman–Crippen MR) is 117 cm³/mol. The maximum Gasteiger partial charge on any atom is -0.00737 e. The molecule has 3 aromatic rings. The molecule has 0 saturated heterocycles. The zero-order valence-electron chi connectivity index (χ0n) is 16.6. The molecular weight excluding hydrogens is 319 g/mol. The highest BCUT2D eigenvalue weighted by atomic mass is 31.1. The number of hydrogen-bond donors (Lipinski definition) is 0. The molecule has 1 heteroatoms. The van der Waals surface area contributed by atoms with Crippen molar-refractivity contribution in [3.63, 3.8) is 0 Å². The summed E-state index contributed by atoms with van der Waals surface area (Å²) in [5.41, 5.74) is 0. The predicted octanol–water partition coefficient (Wildman–Crippen LogP) is 7.48. The molecule has 0 aliphatic rings. The second-order valence-corrected chi connectivity index (χ2v) is 11.9. The van der Waals surface area contributed by atoms with E-state index in [4.69, 9.17) is 0 Å². The first kappa shape index (κ1) is 18.4. The summed E-state index contributed by atoms with van der Waals surface area (Å²) in [5, 5.41) is 7.89. The van der Waals surface area contributed by atoms with Gasteiger partial charge in [0.25, 0.3) is 0 Å². The van der Waals surface area contributed by atoms with Crippen molar-refractivity contribution in [2.75, 3.05) is 0 Å². The molecule has 0 unspecified atom stereocenters. The van der Waals surface area contributed by atoms with Gasteiger partial charge in [0.2, 0.25) is 0 Å². The largest absolute Gasteiger partial charge is 0.0645 e. The monoisotopic (exact) mass is 350 g/mol. The molecule has 0 heterocycles. The van der Waals surface area contributed by atoms with E-state index in [1.165, 1.54) is 34.4 Å². The minimum absolute atomic E-state index is 0.307. The first-order valence-corrected chi connectivity index (χ1v) is 10.9. The SMILES string of the molecule is CCC(C)(C)P(c1c2ccccc2cc2ccccc12)C(C)(C)CC. The fourth-order valence-corrected chi connectivity index (χ4v) is 8.34. The summed E-state index contributed by atoms with van der Waals surface area (Å²) in [6, 6.07) is 20.3. The van der Waals surface area contributed by atoms with Crippen LogP contribution in [0.15, 0.2) is 54.6 Å². The Morgan fingerprint density at radius 1 is 0.680 bits per heavy atom. The average Bonchev–Trinajstić information content (AvgIpc) is 2.61. The van der Waals surface area contributed by atoms with Gasteiger partial charge in [-0.2, -0.15) is 0 Å². The lowest BCUT2D eigenvalue weighted by atomic mass is 10.0. The highest BCUT2D eigenvalue weighted by Gasteiger charge is 2.40. The second kappa shape index (κ2) is 6.73. The second-order valence-electron chi connectivity index (χ2n) is 8.33. The van der Waals surface area contributed by atoms with Crippen molar-refractivity contribution in [3.05, 3.63) is 54.6 Å². The van der Waals surface area contributed by atoms with Gasteiger partial charge >= 0.3 is 0 Å². The molecule has 0 fully saturated rings. The Morgan fingerprint density at radius 2 is 1.08 bits per heavy atom. The van der Waals surface area contributed by atoms with E-state index in [1.807, 2.05) is 0 Å². The van der Waals surface area contributed by atoms with Crippen molar-refractivity contribution in [3.8, 4) is 0 Å². The normalized spacial score (nSPS) is 13.1. The van der Waals surface area contributed by atoms with E-state index in [-0.39, 0.29) is 7.92 Å². The molecule has 25 heavy (non-hydrogen) atoms. The van der Waals surface area contributed by atoms with Crippen molar-refractivity contribution in [2.24, 2.45) is 0 Å². The third-order valence-corrected chi connectivity index (χ3v) is 9.89. The van der Waals surface area contributed by atoms with Gasteiger partial charge in [-0.05, 0) is 56.1 Å². The zero-order valence-corrected chi connectivity index (χ0v) is 17.5. The van der Waals surface area contributed by atoms with Crippen LogP contribution in [0.5, 0.6) is 0 Å². The molecule has 0 aliphatic heterocycles. The van der Waals surface area contributed by atoms with Crippen LogP contribution in [0, 0.1) is 0 Å². The van der Waals surface area contributed by atoms with Gasteiger partial charge in [0.1, 0.15) is 0 Å². The Hall–Kier alpha value is -1.39. The lowest BCUT2D eigenvalue weighted by Gasteiger charge is -2.46. The van der Waals surface area contributed by atoms with E-state index in [1.54, 1.807) is 5.30 Å². The van der Waals surface area contributed by atoms with Gasteiger partial charge in [-0.3, -0.25) is 0 Å². The van der Waals surface area contributed by atoms with Gasteiger partial charge in [0, 0.05) is 0 Å². The Balaban J connectivity index is 2.47. The molecule has 0 bridgehead atoms. The fraction of sp³-hybridized carbons (Fsp3) is 0.417. The zero-order chi connectivity index (χ0) is 18.2. The van der Waals surface area contributed by atoms with Gasteiger partial charge in [-0.15, -0.1) is 0 Å². The van der Waals surface area contributed by atoms with Crippen LogP contribution in [0.4, 0.5) is 0 Å². The summed E-state index contributed by atoms with van der Waals surface area (Å²) >= 11 is 0. The molecule has 0 saturated carbocycles. The number of hydrogen-bond acceptors (Lipinski definition) is 0.